The summed E-state index contributed by atoms with van der Waals surface area (Å²) in [5.41, 5.74) is 1.78. The number of ether oxygens (including phenoxy) is 3. The molecular weight excluding hydrogens is 520 g/mol. The molecule has 0 bridgehead atoms. The van der Waals surface area contributed by atoms with E-state index in [1.807, 2.05) is 0 Å². The highest BCUT2D eigenvalue weighted by Crippen LogP contribution is 2.32. The number of hydrogen-bond acceptors (Lipinski definition) is 3. The van der Waals surface area contributed by atoms with Gasteiger partial charge < -0.3 is 14.2 Å². The fourth-order valence-corrected chi connectivity index (χ4v) is 3.99. The van der Waals surface area contributed by atoms with Gasteiger partial charge in [-0.3, -0.25) is 0 Å². The van der Waals surface area contributed by atoms with Crippen LogP contribution < -0.4 is 14.2 Å². The third kappa shape index (κ3) is 6.84. The van der Waals surface area contributed by atoms with Crippen LogP contribution in [0.25, 0.3) is 22.3 Å². The standard InChI is InChI=1S/C33H30F4O3/c1-3-5-19-38-25-13-11-24(12-14-25)27-16-18-29(33(37)31(27)35)40-21-22-7-9-23(10-8-22)26-15-17-28(32(36)30(26)34)39-20-6-4-2/h4,7-18H,2-3,5-6,19-21H2,1H3. The molecule has 40 heavy (non-hydrogen) atoms. The van der Waals surface area contributed by atoms with E-state index in [1.165, 1.54) is 24.3 Å². The second-order valence-corrected chi connectivity index (χ2v) is 9.12. The van der Waals surface area contributed by atoms with Crippen LogP contribution in [-0.4, -0.2) is 13.2 Å². The van der Waals surface area contributed by atoms with Crippen molar-refractivity contribution in [3.05, 3.63) is 114 Å². The summed E-state index contributed by atoms with van der Waals surface area (Å²) in [6.07, 6.45) is 4.09. The lowest BCUT2D eigenvalue weighted by Gasteiger charge is -2.12. The molecule has 4 aromatic carbocycles. The van der Waals surface area contributed by atoms with E-state index in [4.69, 9.17) is 14.2 Å². The Balaban J connectivity index is 1.41. The van der Waals surface area contributed by atoms with Crippen molar-refractivity contribution in [2.45, 2.75) is 32.8 Å². The third-order valence-electron chi connectivity index (χ3n) is 6.26. The molecular formula is C33H30F4O3. The van der Waals surface area contributed by atoms with Crippen LogP contribution in [0, 0.1) is 23.3 Å². The molecule has 0 aliphatic rings. The highest BCUT2D eigenvalue weighted by molar-refractivity contribution is 5.67. The Kier molecular flexibility index (Phi) is 9.84. The molecule has 7 heteroatoms. The minimum atomic E-state index is -1.09. The van der Waals surface area contributed by atoms with Crippen LogP contribution in [0.1, 0.15) is 31.7 Å². The van der Waals surface area contributed by atoms with Gasteiger partial charge >= 0.3 is 0 Å². The van der Waals surface area contributed by atoms with Gasteiger partial charge in [0.2, 0.25) is 11.6 Å². The highest BCUT2D eigenvalue weighted by atomic mass is 19.2. The molecule has 0 N–H and O–H groups in total. The summed E-state index contributed by atoms with van der Waals surface area (Å²) in [6.45, 7) is 6.38. The molecule has 0 aromatic heterocycles. The van der Waals surface area contributed by atoms with Gasteiger partial charge in [-0.05, 0) is 65.9 Å². The molecule has 0 aliphatic carbocycles. The number of halogens is 4. The van der Waals surface area contributed by atoms with E-state index in [0.717, 1.165) is 12.8 Å². The smallest absolute Gasteiger partial charge is 0.201 e. The summed E-state index contributed by atoms with van der Waals surface area (Å²) in [6, 6.07) is 19.0. The highest BCUT2D eigenvalue weighted by Gasteiger charge is 2.18. The average molecular weight is 551 g/mol. The Morgan fingerprint density at radius 2 is 1.18 bits per heavy atom. The van der Waals surface area contributed by atoms with Crippen molar-refractivity contribution in [1.82, 2.24) is 0 Å². The molecule has 208 valence electrons. The van der Waals surface area contributed by atoms with Gasteiger partial charge in [0.05, 0.1) is 13.2 Å². The average Bonchev–Trinajstić information content (AvgIpc) is 2.97. The lowest BCUT2D eigenvalue weighted by atomic mass is 10.0. The molecule has 0 amide bonds. The monoisotopic (exact) mass is 550 g/mol. The van der Waals surface area contributed by atoms with Gasteiger partial charge in [0, 0.05) is 11.1 Å². The number of rotatable bonds is 13. The summed E-state index contributed by atoms with van der Waals surface area (Å²) in [4.78, 5) is 0. The van der Waals surface area contributed by atoms with E-state index in [0.29, 0.717) is 35.5 Å². The first-order chi connectivity index (χ1) is 19.4. The summed E-state index contributed by atoms with van der Waals surface area (Å²) >= 11 is 0. The Bertz CT molecular complexity index is 1430. The van der Waals surface area contributed by atoms with Gasteiger partial charge in [-0.1, -0.05) is 55.8 Å². The SMILES string of the molecule is C=CCCOc1ccc(-c2ccc(COc3ccc(-c4ccc(OCCCC)cc4)c(F)c3F)cc2)c(F)c1F. The van der Waals surface area contributed by atoms with Gasteiger partial charge in [-0.25, -0.2) is 8.78 Å². The van der Waals surface area contributed by atoms with Crippen LogP contribution in [0.5, 0.6) is 17.2 Å². The van der Waals surface area contributed by atoms with Crippen molar-refractivity contribution in [1.29, 1.82) is 0 Å². The summed E-state index contributed by atoms with van der Waals surface area (Å²) in [7, 11) is 0. The molecule has 0 spiro atoms. The molecule has 0 heterocycles. The summed E-state index contributed by atoms with van der Waals surface area (Å²) < 4.78 is 75.2. The minimum Gasteiger partial charge on any atom is -0.494 e. The van der Waals surface area contributed by atoms with Crippen LogP contribution in [0.2, 0.25) is 0 Å². The molecule has 4 rings (SSSR count). The summed E-state index contributed by atoms with van der Waals surface area (Å²) in [5.74, 6) is -3.91. The molecule has 3 nitrogen and oxygen atoms in total. The first kappa shape index (κ1) is 28.7. The Labute approximate surface area is 231 Å². The first-order valence-corrected chi connectivity index (χ1v) is 13.1. The molecule has 0 unspecified atom stereocenters. The van der Waals surface area contributed by atoms with Gasteiger partial charge in [0.15, 0.2) is 23.1 Å². The summed E-state index contributed by atoms with van der Waals surface area (Å²) in [5, 5.41) is 0. The largest absolute Gasteiger partial charge is 0.494 e. The van der Waals surface area contributed by atoms with E-state index in [1.54, 1.807) is 54.6 Å². The second-order valence-electron chi connectivity index (χ2n) is 9.12. The van der Waals surface area contributed by atoms with E-state index in [9.17, 15) is 17.6 Å². The predicted molar refractivity (Wildman–Crippen MR) is 149 cm³/mol. The van der Waals surface area contributed by atoms with Gasteiger partial charge in [0.1, 0.15) is 12.4 Å². The first-order valence-electron chi connectivity index (χ1n) is 13.1. The molecule has 0 saturated carbocycles. The number of hydrogen-bond donors (Lipinski definition) is 0. The Hall–Kier alpha value is -4.26. The third-order valence-corrected chi connectivity index (χ3v) is 6.26. The van der Waals surface area contributed by atoms with Crippen molar-refractivity contribution >= 4 is 0 Å². The van der Waals surface area contributed by atoms with Crippen LogP contribution >= 0.6 is 0 Å². The lowest BCUT2D eigenvalue weighted by molar-refractivity contribution is 0.285. The van der Waals surface area contributed by atoms with Crippen molar-refractivity contribution in [3.63, 3.8) is 0 Å². The van der Waals surface area contributed by atoms with E-state index in [-0.39, 0.29) is 35.8 Å². The number of unbranched alkanes of at least 4 members (excludes halogenated alkanes) is 1. The lowest BCUT2D eigenvalue weighted by Crippen LogP contribution is -2.01. The maximum absolute atomic E-state index is 14.9. The van der Waals surface area contributed by atoms with Crippen molar-refractivity contribution in [2.24, 2.45) is 0 Å². The van der Waals surface area contributed by atoms with E-state index in [2.05, 4.69) is 13.5 Å². The van der Waals surface area contributed by atoms with Crippen LogP contribution in [-0.2, 0) is 6.61 Å². The van der Waals surface area contributed by atoms with Crippen molar-refractivity contribution in [3.8, 4) is 39.5 Å². The van der Waals surface area contributed by atoms with E-state index >= 15 is 0 Å². The van der Waals surface area contributed by atoms with E-state index < -0.39 is 23.3 Å². The van der Waals surface area contributed by atoms with Gasteiger partial charge in [0.25, 0.3) is 0 Å². The molecule has 0 atom stereocenters. The van der Waals surface area contributed by atoms with Crippen LogP contribution in [0.15, 0.2) is 85.5 Å². The normalized spacial score (nSPS) is 10.8. The fourth-order valence-electron chi connectivity index (χ4n) is 3.99. The Morgan fingerprint density at radius 3 is 1.73 bits per heavy atom. The molecule has 0 saturated heterocycles. The molecule has 0 radical (unpaired) electrons. The Morgan fingerprint density at radius 1 is 0.625 bits per heavy atom. The topological polar surface area (TPSA) is 27.7 Å². The quantitative estimate of drug-likeness (QED) is 0.0943. The zero-order chi connectivity index (χ0) is 28.5. The molecule has 0 fully saturated rings. The maximum atomic E-state index is 14.9. The van der Waals surface area contributed by atoms with Gasteiger partial charge in [-0.15, -0.1) is 6.58 Å². The zero-order valence-electron chi connectivity index (χ0n) is 22.2. The molecule has 4 aromatic rings. The van der Waals surface area contributed by atoms with Gasteiger partial charge in [-0.2, -0.15) is 8.78 Å². The van der Waals surface area contributed by atoms with Crippen molar-refractivity contribution in [2.75, 3.05) is 13.2 Å². The predicted octanol–water partition coefficient (Wildman–Crippen LogP) is 9.29. The minimum absolute atomic E-state index is 0.0489. The van der Waals surface area contributed by atoms with Crippen LogP contribution in [0.4, 0.5) is 17.6 Å². The zero-order valence-corrected chi connectivity index (χ0v) is 22.2. The number of benzene rings is 4. The second kappa shape index (κ2) is 13.7. The fraction of sp³-hybridized carbons (Fsp3) is 0.212. The maximum Gasteiger partial charge on any atom is 0.201 e. The van der Waals surface area contributed by atoms with Crippen LogP contribution in [0.3, 0.4) is 0 Å². The molecule has 0 aliphatic heterocycles. The van der Waals surface area contributed by atoms with Crippen molar-refractivity contribution < 1.29 is 31.8 Å².